The summed E-state index contributed by atoms with van der Waals surface area (Å²) in [5, 5.41) is 3.93. The fraction of sp³-hybridized carbons (Fsp3) is 1.00. The van der Waals surface area contributed by atoms with Gasteiger partial charge in [-0.3, -0.25) is 0 Å². The molecule has 3 atom stereocenters. The summed E-state index contributed by atoms with van der Waals surface area (Å²) in [6.07, 6.45) is 8.98. The molecule has 3 aliphatic carbocycles. The SMILES string of the molecule is CC(C)C1CC(NC2CC3CCC2C3)C1. The Balaban J connectivity index is 1.44. The van der Waals surface area contributed by atoms with E-state index in [0.717, 1.165) is 35.8 Å². The monoisotopic (exact) mass is 207 g/mol. The van der Waals surface area contributed by atoms with E-state index < -0.39 is 0 Å². The van der Waals surface area contributed by atoms with Gasteiger partial charge in [-0.2, -0.15) is 0 Å². The highest BCUT2D eigenvalue weighted by molar-refractivity contribution is 4.97. The Morgan fingerprint density at radius 3 is 2.33 bits per heavy atom. The summed E-state index contributed by atoms with van der Waals surface area (Å²) >= 11 is 0. The van der Waals surface area contributed by atoms with Crippen LogP contribution in [0.3, 0.4) is 0 Å². The second kappa shape index (κ2) is 3.76. The second-order valence-corrected chi connectivity index (χ2v) is 6.62. The van der Waals surface area contributed by atoms with Gasteiger partial charge in [0.25, 0.3) is 0 Å². The third-order valence-electron chi connectivity index (χ3n) is 5.31. The van der Waals surface area contributed by atoms with E-state index in [-0.39, 0.29) is 0 Å². The van der Waals surface area contributed by atoms with E-state index in [1.807, 2.05) is 0 Å². The lowest BCUT2D eigenvalue weighted by Crippen LogP contribution is -2.49. The molecule has 3 fully saturated rings. The van der Waals surface area contributed by atoms with Crippen molar-refractivity contribution >= 4 is 0 Å². The minimum atomic E-state index is 0.877. The van der Waals surface area contributed by atoms with Gasteiger partial charge < -0.3 is 5.32 Å². The summed E-state index contributed by atoms with van der Waals surface area (Å²) in [6, 6.07) is 1.78. The van der Waals surface area contributed by atoms with Crippen molar-refractivity contribution in [3.8, 4) is 0 Å². The third kappa shape index (κ3) is 1.84. The number of hydrogen-bond acceptors (Lipinski definition) is 1. The Morgan fingerprint density at radius 2 is 1.80 bits per heavy atom. The fourth-order valence-corrected chi connectivity index (χ4v) is 4.09. The van der Waals surface area contributed by atoms with Gasteiger partial charge in [0.1, 0.15) is 0 Å². The molecule has 1 nitrogen and oxygen atoms in total. The van der Waals surface area contributed by atoms with Gasteiger partial charge in [-0.1, -0.05) is 20.3 Å². The predicted octanol–water partition coefficient (Wildman–Crippen LogP) is 3.20. The van der Waals surface area contributed by atoms with Crippen LogP contribution in [0.5, 0.6) is 0 Å². The first-order valence-electron chi connectivity index (χ1n) is 6.98. The molecule has 0 heterocycles. The van der Waals surface area contributed by atoms with Crippen molar-refractivity contribution in [1.29, 1.82) is 0 Å². The molecule has 0 aromatic carbocycles. The van der Waals surface area contributed by atoms with Crippen molar-refractivity contribution in [3.05, 3.63) is 0 Å². The molecule has 15 heavy (non-hydrogen) atoms. The Hall–Kier alpha value is -0.0400. The van der Waals surface area contributed by atoms with Gasteiger partial charge in [-0.05, 0) is 55.8 Å². The van der Waals surface area contributed by atoms with Crippen LogP contribution in [-0.4, -0.2) is 12.1 Å². The van der Waals surface area contributed by atoms with E-state index in [4.69, 9.17) is 0 Å². The van der Waals surface area contributed by atoms with E-state index in [1.165, 1.54) is 38.5 Å². The van der Waals surface area contributed by atoms with Crippen molar-refractivity contribution in [2.45, 2.75) is 64.5 Å². The van der Waals surface area contributed by atoms with Crippen LogP contribution in [0.15, 0.2) is 0 Å². The van der Waals surface area contributed by atoms with Gasteiger partial charge in [0.15, 0.2) is 0 Å². The summed E-state index contributed by atoms with van der Waals surface area (Å²) in [6.45, 7) is 4.75. The third-order valence-corrected chi connectivity index (χ3v) is 5.31. The smallest absolute Gasteiger partial charge is 0.0101 e. The molecule has 86 valence electrons. The second-order valence-electron chi connectivity index (χ2n) is 6.62. The van der Waals surface area contributed by atoms with Crippen LogP contribution in [-0.2, 0) is 0 Å². The molecule has 1 heteroatoms. The van der Waals surface area contributed by atoms with Crippen LogP contribution >= 0.6 is 0 Å². The van der Waals surface area contributed by atoms with Crippen LogP contribution in [0.25, 0.3) is 0 Å². The highest BCUT2D eigenvalue weighted by atomic mass is 15.0. The highest BCUT2D eigenvalue weighted by Crippen LogP contribution is 2.45. The molecule has 3 aliphatic rings. The topological polar surface area (TPSA) is 12.0 Å². The van der Waals surface area contributed by atoms with Gasteiger partial charge in [0, 0.05) is 12.1 Å². The molecule has 0 radical (unpaired) electrons. The lowest BCUT2D eigenvalue weighted by molar-refractivity contribution is 0.145. The lowest BCUT2D eigenvalue weighted by atomic mass is 9.73. The van der Waals surface area contributed by atoms with Crippen LogP contribution in [0.1, 0.15) is 52.4 Å². The van der Waals surface area contributed by atoms with Crippen molar-refractivity contribution in [2.75, 3.05) is 0 Å². The first-order valence-corrected chi connectivity index (χ1v) is 6.98. The van der Waals surface area contributed by atoms with Crippen molar-refractivity contribution in [2.24, 2.45) is 23.7 Å². The Labute approximate surface area is 94.0 Å². The molecular weight excluding hydrogens is 182 g/mol. The van der Waals surface area contributed by atoms with E-state index in [1.54, 1.807) is 0 Å². The van der Waals surface area contributed by atoms with Crippen LogP contribution in [0.4, 0.5) is 0 Å². The normalized spacial score (nSPS) is 48.6. The number of nitrogens with one attached hydrogen (secondary N) is 1. The Kier molecular flexibility index (Phi) is 2.54. The molecule has 0 aliphatic heterocycles. The average molecular weight is 207 g/mol. The maximum atomic E-state index is 3.93. The first-order chi connectivity index (χ1) is 7.22. The summed E-state index contributed by atoms with van der Waals surface area (Å²) in [7, 11) is 0. The Morgan fingerprint density at radius 1 is 1.00 bits per heavy atom. The minimum Gasteiger partial charge on any atom is -0.311 e. The zero-order valence-corrected chi connectivity index (χ0v) is 10.2. The predicted molar refractivity (Wildman–Crippen MR) is 63.7 cm³/mol. The van der Waals surface area contributed by atoms with Crippen molar-refractivity contribution < 1.29 is 0 Å². The molecule has 3 unspecified atom stereocenters. The summed E-state index contributed by atoms with van der Waals surface area (Å²) in [4.78, 5) is 0. The fourth-order valence-electron chi connectivity index (χ4n) is 4.09. The van der Waals surface area contributed by atoms with Crippen molar-refractivity contribution in [3.63, 3.8) is 0 Å². The molecule has 0 amide bonds. The zero-order chi connectivity index (χ0) is 10.4. The maximum Gasteiger partial charge on any atom is 0.0101 e. The molecule has 0 aromatic heterocycles. The van der Waals surface area contributed by atoms with Crippen LogP contribution < -0.4 is 5.32 Å². The van der Waals surface area contributed by atoms with Crippen LogP contribution in [0.2, 0.25) is 0 Å². The van der Waals surface area contributed by atoms with Gasteiger partial charge in [0.05, 0.1) is 0 Å². The van der Waals surface area contributed by atoms with E-state index in [2.05, 4.69) is 19.2 Å². The minimum absolute atomic E-state index is 0.877. The van der Waals surface area contributed by atoms with Gasteiger partial charge in [-0.15, -0.1) is 0 Å². The lowest BCUT2D eigenvalue weighted by Gasteiger charge is -2.41. The molecule has 0 spiro atoms. The van der Waals surface area contributed by atoms with Gasteiger partial charge >= 0.3 is 0 Å². The molecule has 0 saturated heterocycles. The summed E-state index contributed by atoms with van der Waals surface area (Å²) < 4.78 is 0. The van der Waals surface area contributed by atoms with E-state index in [0.29, 0.717) is 0 Å². The molecular formula is C14H25N. The van der Waals surface area contributed by atoms with Gasteiger partial charge in [0.2, 0.25) is 0 Å². The molecule has 2 bridgehead atoms. The quantitative estimate of drug-likeness (QED) is 0.749. The Bertz CT molecular complexity index is 229. The molecule has 3 saturated carbocycles. The van der Waals surface area contributed by atoms with E-state index >= 15 is 0 Å². The first kappa shape index (κ1) is 10.1. The van der Waals surface area contributed by atoms with Crippen LogP contribution in [0, 0.1) is 23.7 Å². The highest BCUT2D eigenvalue weighted by Gasteiger charge is 2.42. The largest absolute Gasteiger partial charge is 0.311 e. The van der Waals surface area contributed by atoms with Crippen molar-refractivity contribution in [1.82, 2.24) is 5.32 Å². The molecule has 1 N–H and O–H groups in total. The van der Waals surface area contributed by atoms with E-state index in [9.17, 15) is 0 Å². The zero-order valence-electron chi connectivity index (χ0n) is 10.2. The van der Waals surface area contributed by atoms with Gasteiger partial charge in [-0.25, -0.2) is 0 Å². The summed E-state index contributed by atoms with van der Waals surface area (Å²) in [5.41, 5.74) is 0. The standard InChI is InChI=1S/C14H25N/c1-9(2)12-7-13(8-12)15-14-6-10-3-4-11(14)5-10/h9-15H,3-8H2,1-2H3. The summed E-state index contributed by atoms with van der Waals surface area (Å²) in [5.74, 6) is 4.06. The number of hydrogen-bond donors (Lipinski definition) is 1. The average Bonchev–Trinajstić information content (AvgIpc) is 2.70. The number of fused-ring (bicyclic) bond motifs is 2. The molecule has 0 aromatic rings. The molecule has 3 rings (SSSR count). The maximum absolute atomic E-state index is 3.93. The number of rotatable bonds is 3.